The molecule has 0 bridgehead atoms. The topological polar surface area (TPSA) is 76.0 Å². The maximum Gasteiger partial charge on any atom is 0.303 e. The summed E-state index contributed by atoms with van der Waals surface area (Å²) in [5.41, 5.74) is 0.743. The molecule has 0 heterocycles. The van der Waals surface area contributed by atoms with Crippen molar-refractivity contribution in [3.63, 3.8) is 0 Å². The molecule has 0 aliphatic carbocycles. The number of aliphatic hydroxyl groups is 1. The van der Waals surface area contributed by atoms with E-state index in [1.165, 1.54) is 0 Å². The van der Waals surface area contributed by atoms with Crippen LogP contribution in [0, 0.1) is 0 Å². The van der Waals surface area contributed by atoms with E-state index in [0.717, 1.165) is 5.56 Å². The molecule has 1 unspecified atom stereocenters. The van der Waals surface area contributed by atoms with Crippen LogP contribution in [0.4, 0.5) is 0 Å². The zero-order chi connectivity index (χ0) is 14.3. The summed E-state index contributed by atoms with van der Waals surface area (Å²) in [6.07, 6.45) is 1.29. The third-order valence-corrected chi connectivity index (χ3v) is 2.91. The van der Waals surface area contributed by atoms with Crippen LogP contribution in [0.25, 0.3) is 0 Å². The molecule has 0 radical (unpaired) electrons. The van der Waals surface area contributed by atoms with Crippen molar-refractivity contribution in [2.45, 2.75) is 31.8 Å². The zero-order valence-corrected chi connectivity index (χ0v) is 11.3. The summed E-state index contributed by atoms with van der Waals surface area (Å²) in [4.78, 5) is 10.4. The van der Waals surface area contributed by atoms with E-state index < -0.39 is 12.1 Å². The number of methoxy groups -OCH3 is 2. The number of unbranched alkanes of at least 4 members (excludes halogenated alkanes) is 1. The molecule has 2 N–H and O–H groups in total. The van der Waals surface area contributed by atoms with Gasteiger partial charge < -0.3 is 19.7 Å². The largest absolute Gasteiger partial charge is 0.493 e. The van der Waals surface area contributed by atoms with E-state index in [-0.39, 0.29) is 6.42 Å². The van der Waals surface area contributed by atoms with Gasteiger partial charge in [0.05, 0.1) is 20.3 Å². The molecule has 0 saturated heterocycles. The Balaban J connectivity index is 2.56. The molecule has 0 fully saturated rings. The molecule has 5 nitrogen and oxygen atoms in total. The quantitative estimate of drug-likeness (QED) is 0.708. The first-order valence-electron chi connectivity index (χ1n) is 6.20. The summed E-state index contributed by atoms with van der Waals surface area (Å²) >= 11 is 0. The molecule has 0 amide bonds. The first-order chi connectivity index (χ1) is 9.08. The molecule has 5 heteroatoms. The normalized spacial score (nSPS) is 11.9. The summed E-state index contributed by atoms with van der Waals surface area (Å²) < 4.78 is 10.3. The van der Waals surface area contributed by atoms with E-state index in [0.29, 0.717) is 30.8 Å². The Morgan fingerprint density at radius 1 is 1.21 bits per heavy atom. The van der Waals surface area contributed by atoms with Crippen LogP contribution in [0.2, 0.25) is 0 Å². The van der Waals surface area contributed by atoms with Gasteiger partial charge in [-0.1, -0.05) is 6.07 Å². The summed E-state index contributed by atoms with van der Waals surface area (Å²) in [6.45, 7) is 0. The maximum atomic E-state index is 10.4. The smallest absolute Gasteiger partial charge is 0.303 e. The van der Waals surface area contributed by atoms with Crippen LogP contribution in [0.3, 0.4) is 0 Å². The van der Waals surface area contributed by atoms with E-state index in [1.807, 2.05) is 0 Å². The van der Waals surface area contributed by atoms with Crippen molar-refractivity contribution >= 4 is 5.97 Å². The predicted molar refractivity (Wildman–Crippen MR) is 70.6 cm³/mol. The minimum atomic E-state index is -0.805. The van der Waals surface area contributed by atoms with E-state index >= 15 is 0 Å². The number of hydrogen-bond donors (Lipinski definition) is 2. The van der Waals surface area contributed by atoms with E-state index in [4.69, 9.17) is 14.6 Å². The van der Waals surface area contributed by atoms with Crippen LogP contribution >= 0.6 is 0 Å². The van der Waals surface area contributed by atoms with Gasteiger partial charge in [0.15, 0.2) is 11.5 Å². The summed E-state index contributed by atoms with van der Waals surface area (Å²) in [5, 5.41) is 18.6. The van der Waals surface area contributed by atoms with Gasteiger partial charge in [0, 0.05) is 6.42 Å². The number of aliphatic carboxylic acids is 1. The van der Waals surface area contributed by atoms with Crippen molar-refractivity contribution in [1.29, 1.82) is 0 Å². The number of carbonyl (C=O) groups is 1. The number of rotatable bonds is 8. The molecule has 106 valence electrons. The molecule has 1 atom stereocenters. The van der Waals surface area contributed by atoms with Crippen molar-refractivity contribution in [1.82, 2.24) is 0 Å². The van der Waals surface area contributed by atoms with E-state index in [2.05, 4.69) is 0 Å². The zero-order valence-electron chi connectivity index (χ0n) is 11.3. The summed E-state index contributed by atoms with van der Waals surface area (Å²) in [5.74, 6) is 0.384. The van der Waals surface area contributed by atoms with Crippen molar-refractivity contribution < 1.29 is 24.5 Å². The minimum Gasteiger partial charge on any atom is -0.493 e. The number of benzene rings is 1. The van der Waals surface area contributed by atoms with Crippen LogP contribution in [-0.4, -0.2) is 30.4 Å². The van der Waals surface area contributed by atoms with Gasteiger partial charge in [0.2, 0.25) is 0 Å². The molecule has 0 aliphatic rings. The number of carboxylic acids is 1. The van der Waals surface area contributed by atoms with Gasteiger partial charge in [0.1, 0.15) is 0 Å². The van der Waals surface area contributed by atoms with Gasteiger partial charge in [-0.3, -0.25) is 4.79 Å². The highest BCUT2D eigenvalue weighted by atomic mass is 16.5. The standard InChI is InChI=1S/C14H20O5/c1-18-12-8-7-10(9-13(12)19-2)11(15)5-3-4-6-14(16)17/h7-9,11,15H,3-6H2,1-2H3,(H,16,17). The fourth-order valence-corrected chi connectivity index (χ4v) is 1.84. The number of ether oxygens (including phenoxy) is 2. The lowest BCUT2D eigenvalue weighted by Crippen LogP contribution is -2.00. The molecular formula is C14H20O5. The SMILES string of the molecule is COc1ccc(C(O)CCCCC(=O)O)cc1OC. The fraction of sp³-hybridized carbons (Fsp3) is 0.500. The van der Waals surface area contributed by atoms with Gasteiger partial charge in [-0.05, 0) is 37.0 Å². The van der Waals surface area contributed by atoms with Gasteiger partial charge >= 0.3 is 5.97 Å². The molecule has 0 aromatic heterocycles. The van der Waals surface area contributed by atoms with Crippen LogP contribution in [-0.2, 0) is 4.79 Å². The Morgan fingerprint density at radius 3 is 2.47 bits per heavy atom. The highest BCUT2D eigenvalue weighted by molar-refractivity contribution is 5.66. The van der Waals surface area contributed by atoms with Crippen molar-refractivity contribution in [3.05, 3.63) is 23.8 Å². The molecule has 19 heavy (non-hydrogen) atoms. The highest BCUT2D eigenvalue weighted by Crippen LogP contribution is 2.31. The molecule has 1 rings (SSSR count). The average Bonchev–Trinajstić information content (AvgIpc) is 2.42. The molecular weight excluding hydrogens is 248 g/mol. The van der Waals surface area contributed by atoms with Gasteiger partial charge in [-0.2, -0.15) is 0 Å². The van der Waals surface area contributed by atoms with Gasteiger partial charge in [0.25, 0.3) is 0 Å². The number of carboxylic acid groups (broad SMARTS) is 1. The second-order valence-electron chi connectivity index (χ2n) is 4.27. The second kappa shape index (κ2) is 7.63. The second-order valence-corrected chi connectivity index (χ2v) is 4.27. The molecule has 0 aliphatic heterocycles. The van der Waals surface area contributed by atoms with Crippen LogP contribution in [0.1, 0.15) is 37.4 Å². The van der Waals surface area contributed by atoms with Gasteiger partial charge in [-0.25, -0.2) is 0 Å². The molecule has 0 saturated carbocycles. The summed E-state index contributed by atoms with van der Waals surface area (Å²) in [6, 6.07) is 5.26. The third kappa shape index (κ3) is 4.79. The Labute approximate surface area is 112 Å². The molecule has 1 aromatic rings. The fourth-order valence-electron chi connectivity index (χ4n) is 1.84. The average molecular weight is 268 g/mol. The minimum absolute atomic E-state index is 0.138. The van der Waals surface area contributed by atoms with Crippen molar-refractivity contribution in [2.75, 3.05) is 14.2 Å². The highest BCUT2D eigenvalue weighted by Gasteiger charge is 2.11. The lowest BCUT2D eigenvalue weighted by atomic mass is 10.0. The Hall–Kier alpha value is -1.75. The Morgan fingerprint density at radius 2 is 1.89 bits per heavy atom. The number of aliphatic hydroxyl groups excluding tert-OH is 1. The van der Waals surface area contributed by atoms with Crippen LogP contribution in [0.15, 0.2) is 18.2 Å². The predicted octanol–water partition coefficient (Wildman–Crippen LogP) is 2.38. The Bertz CT molecular complexity index is 416. The lowest BCUT2D eigenvalue weighted by molar-refractivity contribution is -0.137. The molecule has 0 spiro atoms. The summed E-state index contributed by atoms with van der Waals surface area (Å²) in [7, 11) is 3.10. The number of hydrogen-bond acceptors (Lipinski definition) is 4. The van der Waals surface area contributed by atoms with Crippen molar-refractivity contribution in [3.8, 4) is 11.5 Å². The van der Waals surface area contributed by atoms with Crippen molar-refractivity contribution in [2.24, 2.45) is 0 Å². The maximum absolute atomic E-state index is 10.4. The van der Waals surface area contributed by atoms with E-state index in [1.54, 1.807) is 32.4 Å². The first kappa shape index (κ1) is 15.3. The van der Waals surface area contributed by atoms with E-state index in [9.17, 15) is 9.90 Å². The monoisotopic (exact) mass is 268 g/mol. The Kier molecular flexibility index (Phi) is 6.15. The first-order valence-corrected chi connectivity index (χ1v) is 6.20. The lowest BCUT2D eigenvalue weighted by Gasteiger charge is -2.14. The molecule has 1 aromatic carbocycles. The third-order valence-electron chi connectivity index (χ3n) is 2.91. The van der Waals surface area contributed by atoms with Crippen LogP contribution < -0.4 is 9.47 Å². The van der Waals surface area contributed by atoms with Gasteiger partial charge in [-0.15, -0.1) is 0 Å². The van der Waals surface area contributed by atoms with Crippen LogP contribution in [0.5, 0.6) is 11.5 Å².